The van der Waals surface area contributed by atoms with Crippen LogP contribution in [-0.4, -0.2) is 22.5 Å². The second-order valence-electron chi connectivity index (χ2n) is 2.70. The zero-order valence-electron chi connectivity index (χ0n) is 6.34. The number of nitrogens with zero attached hydrogens (tertiary/aromatic N) is 1. The average Bonchev–Trinajstić information content (AvgIpc) is 1.89. The van der Waals surface area contributed by atoms with Crippen molar-refractivity contribution in [3.63, 3.8) is 0 Å². The molecular weight excluding hydrogens is 237 g/mol. The summed E-state index contributed by atoms with van der Waals surface area (Å²) in [6.45, 7) is 0. The topological polar surface area (TPSA) is 3.24 Å². The van der Waals surface area contributed by atoms with Crippen molar-refractivity contribution in [3.8, 4) is 0 Å². The molecule has 2 heteroatoms. The molecule has 0 radical (unpaired) electrons. The zero-order chi connectivity index (χ0) is 7.61. The van der Waals surface area contributed by atoms with Gasteiger partial charge in [0.1, 0.15) is 0 Å². The Balaban J connectivity index is 2.70. The van der Waals surface area contributed by atoms with Crippen LogP contribution < -0.4 is 0 Å². The van der Waals surface area contributed by atoms with Crippen LogP contribution in [-0.2, 0) is 0 Å². The Morgan fingerprint density at radius 1 is 1.40 bits per heavy atom. The smallest absolute Gasteiger partial charge is 0.0948 e. The summed E-state index contributed by atoms with van der Waals surface area (Å²) in [6, 6.07) is 0. The Morgan fingerprint density at radius 2 is 2.10 bits per heavy atom. The summed E-state index contributed by atoms with van der Waals surface area (Å²) in [6.07, 6.45) is 9.74. The maximum Gasteiger partial charge on any atom is 0.0948 e. The minimum absolute atomic E-state index is 0.215. The Morgan fingerprint density at radius 3 is 2.40 bits per heavy atom. The first-order valence-electron chi connectivity index (χ1n) is 3.36. The molecule has 0 aliphatic heterocycles. The van der Waals surface area contributed by atoms with Gasteiger partial charge in [-0.25, -0.2) is 0 Å². The van der Waals surface area contributed by atoms with E-state index in [2.05, 4.69) is 65.9 Å². The van der Waals surface area contributed by atoms with Crippen LogP contribution in [0.4, 0.5) is 0 Å². The molecule has 1 atom stereocenters. The van der Waals surface area contributed by atoms with E-state index in [0.29, 0.717) is 0 Å². The van der Waals surface area contributed by atoms with Crippen molar-refractivity contribution in [2.24, 2.45) is 0 Å². The van der Waals surface area contributed by atoms with Gasteiger partial charge >= 0.3 is 0 Å². The van der Waals surface area contributed by atoms with E-state index in [1.807, 2.05) is 0 Å². The molecule has 0 fully saturated rings. The molecule has 0 aromatic carbocycles. The van der Waals surface area contributed by atoms with Crippen molar-refractivity contribution < 1.29 is 0 Å². The minimum Gasteiger partial charge on any atom is -0.292 e. The fourth-order valence-electron chi connectivity index (χ4n) is 0.915. The molecule has 0 spiro atoms. The molecule has 10 heavy (non-hydrogen) atoms. The summed E-state index contributed by atoms with van der Waals surface area (Å²) < 4.78 is 0.215. The van der Waals surface area contributed by atoms with Gasteiger partial charge in [0.2, 0.25) is 0 Å². The van der Waals surface area contributed by atoms with Gasteiger partial charge in [0.05, 0.1) is 3.55 Å². The van der Waals surface area contributed by atoms with E-state index in [1.165, 1.54) is 0 Å². The number of halogens is 1. The van der Waals surface area contributed by atoms with E-state index in [4.69, 9.17) is 0 Å². The molecule has 1 rings (SSSR count). The Kier molecular flexibility index (Phi) is 2.52. The normalized spacial score (nSPS) is 31.6. The van der Waals surface area contributed by atoms with Gasteiger partial charge < -0.3 is 0 Å². The molecule has 1 nitrogen and oxygen atoms in total. The molecule has 0 bridgehead atoms. The highest BCUT2D eigenvalue weighted by Crippen LogP contribution is 2.29. The van der Waals surface area contributed by atoms with Crippen molar-refractivity contribution in [3.05, 3.63) is 24.3 Å². The predicted octanol–water partition coefficient (Wildman–Crippen LogP) is 2.20. The molecule has 1 aliphatic carbocycles. The monoisotopic (exact) mass is 249 g/mol. The Labute approximate surface area is 75.9 Å². The highest BCUT2D eigenvalue weighted by molar-refractivity contribution is 14.1. The van der Waals surface area contributed by atoms with E-state index >= 15 is 0 Å². The fourth-order valence-corrected chi connectivity index (χ4v) is 1.38. The number of alkyl halides is 1. The van der Waals surface area contributed by atoms with E-state index in [9.17, 15) is 0 Å². The van der Waals surface area contributed by atoms with Crippen LogP contribution >= 0.6 is 22.6 Å². The quantitative estimate of drug-likeness (QED) is 0.391. The van der Waals surface area contributed by atoms with Crippen LogP contribution in [0.2, 0.25) is 0 Å². The van der Waals surface area contributed by atoms with Gasteiger partial charge in [0.15, 0.2) is 0 Å². The maximum atomic E-state index is 2.47. The van der Waals surface area contributed by atoms with Crippen LogP contribution in [0, 0.1) is 0 Å². The van der Waals surface area contributed by atoms with Crippen molar-refractivity contribution in [1.82, 2.24) is 4.90 Å². The van der Waals surface area contributed by atoms with Gasteiger partial charge in [-0.2, -0.15) is 0 Å². The lowest BCUT2D eigenvalue weighted by atomic mass is 10.1. The van der Waals surface area contributed by atoms with Crippen LogP contribution in [0.3, 0.4) is 0 Å². The van der Waals surface area contributed by atoms with Gasteiger partial charge in [0.25, 0.3) is 0 Å². The third-order valence-electron chi connectivity index (χ3n) is 1.75. The fraction of sp³-hybridized carbons (Fsp3) is 0.500. The first kappa shape index (κ1) is 8.27. The lowest BCUT2D eigenvalue weighted by Gasteiger charge is -2.31. The maximum absolute atomic E-state index is 2.47. The first-order valence-corrected chi connectivity index (χ1v) is 4.44. The van der Waals surface area contributed by atoms with Crippen LogP contribution in [0.1, 0.15) is 6.42 Å². The van der Waals surface area contributed by atoms with Crippen LogP contribution in [0.25, 0.3) is 0 Å². The molecule has 1 aliphatic rings. The highest BCUT2D eigenvalue weighted by atomic mass is 127. The molecule has 0 amide bonds. The van der Waals surface area contributed by atoms with Crippen molar-refractivity contribution >= 4 is 22.6 Å². The molecule has 0 aromatic rings. The molecule has 56 valence electrons. The molecule has 0 aromatic heterocycles. The first-order chi connectivity index (χ1) is 4.65. The third-order valence-corrected chi connectivity index (χ3v) is 3.51. The molecule has 1 unspecified atom stereocenters. The SMILES string of the molecule is CN(C)C1(I)C=CC=CC1. The standard InChI is InChI=1S/C8H12IN/c1-10(2)8(9)6-4-3-5-7-8/h3-6H,7H2,1-2H3. The second kappa shape index (κ2) is 3.05. The Bertz CT molecular complexity index is 172. The van der Waals surface area contributed by atoms with Crippen LogP contribution in [0.15, 0.2) is 24.3 Å². The van der Waals surface area contributed by atoms with E-state index in [1.54, 1.807) is 0 Å². The molecular formula is C8H12IN. The predicted molar refractivity (Wildman–Crippen MR) is 53.3 cm³/mol. The zero-order valence-corrected chi connectivity index (χ0v) is 8.50. The van der Waals surface area contributed by atoms with Crippen molar-refractivity contribution in [2.75, 3.05) is 14.1 Å². The summed E-state index contributed by atoms with van der Waals surface area (Å²) in [5.74, 6) is 0. The number of rotatable bonds is 1. The lowest BCUT2D eigenvalue weighted by Crippen LogP contribution is -2.36. The molecule has 0 N–H and O–H groups in total. The molecule has 0 saturated carbocycles. The summed E-state index contributed by atoms with van der Waals surface area (Å²) in [4.78, 5) is 2.23. The van der Waals surface area contributed by atoms with Crippen molar-refractivity contribution in [1.29, 1.82) is 0 Å². The van der Waals surface area contributed by atoms with Crippen LogP contribution in [0.5, 0.6) is 0 Å². The van der Waals surface area contributed by atoms with E-state index < -0.39 is 0 Å². The van der Waals surface area contributed by atoms with E-state index in [-0.39, 0.29) is 3.55 Å². The van der Waals surface area contributed by atoms with Crippen molar-refractivity contribution in [2.45, 2.75) is 9.97 Å². The largest absolute Gasteiger partial charge is 0.292 e. The summed E-state index contributed by atoms with van der Waals surface area (Å²) in [7, 11) is 4.21. The molecule has 0 heterocycles. The average molecular weight is 249 g/mol. The van der Waals surface area contributed by atoms with Gasteiger partial charge in [0, 0.05) is 0 Å². The number of allylic oxidation sites excluding steroid dienone is 2. The van der Waals surface area contributed by atoms with Gasteiger partial charge in [-0.05, 0) is 20.5 Å². The summed E-state index contributed by atoms with van der Waals surface area (Å²) >= 11 is 2.47. The van der Waals surface area contributed by atoms with Gasteiger partial charge in [-0.1, -0.05) is 46.9 Å². The third kappa shape index (κ3) is 1.61. The minimum atomic E-state index is 0.215. The highest BCUT2D eigenvalue weighted by Gasteiger charge is 2.24. The lowest BCUT2D eigenvalue weighted by molar-refractivity contribution is 0.327. The van der Waals surface area contributed by atoms with Gasteiger partial charge in [-0.15, -0.1) is 0 Å². The molecule has 0 saturated heterocycles. The number of hydrogen-bond acceptors (Lipinski definition) is 1. The summed E-state index contributed by atoms with van der Waals surface area (Å²) in [5.41, 5.74) is 0. The Hall–Kier alpha value is 0.170. The number of likely N-dealkylation sites (N-methyl/N-ethyl adjacent to an activating group) is 1. The van der Waals surface area contributed by atoms with Gasteiger partial charge in [-0.3, -0.25) is 4.90 Å². The number of hydrogen-bond donors (Lipinski definition) is 0. The second-order valence-corrected chi connectivity index (χ2v) is 4.57. The summed E-state index contributed by atoms with van der Waals surface area (Å²) in [5, 5.41) is 0. The van der Waals surface area contributed by atoms with E-state index in [0.717, 1.165) is 6.42 Å².